The van der Waals surface area contributed by atoms with Gasteiger partial charge in [0.05, 0.1) is 11.7 Å². The van der Waals surface area contributed by atoms with Crippen molar-refractivity contribution < 1.29 is 23.1 Å². The highest BCUT2D eigenvalue weighted by molar-refractivity contribution is 6.05. The molecule has 3 rings (SSSR count). The molecule has 2 aromatic carbocycles. The van der Waals surface area contributed by atoms with Crippen LogP contribution in [-0.2, 0) is 6.18 Å². The molecule has 206 valence electrons. The number of rotatable bonds is 8. The van der Waals surface area contributed by atoms with Crippen LogP contribution < -0.4 is 20.9 Å². The van der Waals surface area contributed by atoms with E-state index in [-0.39, 0.29) is 5.56 Å². The summed E-state index contributed by atoms with van der Waals surface area (Å²) in [5.41, 5.74) is 3.89. The monoisotopic (exact) mass is 530 g/mol. The molecule has 1 heterocycles. The van der Waals surface area contributed by atoms with Crippen LogP contribution in [0, 0.1) is 6.92 Å². The molecule has 0 unspecified atom stereocenters. The number of carbonyl (C=O) groups is 1. The lowest BCUT2D eigenvalue weighted by atomic mass is 10.0. The van der Waals surface area contributed by atoms with E-state index in [1.54, 1.807) is 17.0 Å². The Morgan fingerprint density at radius 1 is 1.11 bits per heavy atom. The maximum Gasteiger partial charge on any atom is 0.416 e. The number of hydrogen-bond acceptors (Lipinski definition) is 5. The largest absolute Gasteiger partial charge is 0.416 e. The SMILES string of the molecule is CC/C(C)=C(C)/C=C(\NC)Nc1cc(NC(=O)c2cc(N3CCC(O)CC3)cc(C(F)(F)F)c2)ccc1C. The van der Waals surface area contributed by atoms with E-state index in [1.807, 2.05) is 33.0 Å². The van der Waals surface area contributed by atoms with Crippen LogP contribution >= 0.6 is 0 Å². The van der Waals surface area contributed by atoms with E-state index in [9.17, 15) is 23.1 Å². The van der Waals surface area contributed by atoms with E-state index in [0.717, 1.165) is 41.2 Å². The van der Waals surface area contributed by atoms with Crippen molar-refractivity contribution in [2.24, 2.45) is 0 Å². The third-order valence-corrected chi connectivity index (χ3v) is 6.94. The number of aliphatic hydroxyl groups is 1. The van der Waals surface area contributed by atoms with Crippen LogP contribution in [0.1, 0.15) is 61.5 Å². The summed E-state index contributed by atoms with van der Waals surface area (Å²) >= 11 is 0. The number of amides is 1. The van der Waals surface area contributed by atoms with Crippen molar-refractivity contribution in [3.63, 3.8) is 0 Å². The van der Waals surface area contributed by atoms with Gasteiger partial charge in [-0.05, 0) is 87.6 Å². The smallest absolute Gasteiger partial charge is 0.393 e. The number of aliphatic hydroxyl groups excluding tert-OH is 1. The van der Waals surface area contributed by atoms with Gasteiger partial charge < -0.3 is 26.0 Å². The molecule has 0 bridgehead atoms. The lowest BCUT2D eigenvalue weighted by Crippen LogP contribution is -2.36. The summed E-state index contributed by atoms with van der Waals surface area (Å²) in [6.07, 6.45) is -1.18. The number of anilines is 3. The van der Waals surface area contributed by atoms with Crippen molar-refractivity contribution in [3.8, 4) is 0 Å². The number of carbonyl (C=O) groups excluding carboxylic acids is 1. The van der Waals surface area contributed by atoms with Gasteiger partial charge >= 0.3 is 6.18 Å². The Labute approximate surface area is 222 Å². The summed E-state index contributed by atoms with van der Waals surface area (Å²) in [7, 11) is 1.81. The number of piperidine rings is 1. The first-order valence-corrected chi connectivity index (χ1v) is 12.8. The van der Waals surface area contributed by atoms with E-state index >= 15 is 0 Å². The van der Waals surface area contributed by atoms with E-state index in [1.165, 1.54) is 11.6 Å². The third-order valence-electron chi connectivity index (χ3n) is 6.94. The zero-order valence-electron chi connectivity index (χ0n) is 22.6. The Morgan fingerprint density at radius 3 is 2.39 bits per heavy atom. The van der Waals surface area contributed by atoms with Gasteiger partial charge in [-0.3, -0.25) is 4.79 Å². The van der Waals surface area contributed by atoms with Crippen molar-refractivity contribution in [2.75, 3.05) is 35.7 Å². The van der Waals surface area contributed by atoms with Gasteiger partial charge in [0.2, 0.25) is 0 Å². The molecule has 0 aliphatic carbocycles. The highest BCUT2D eigenvalue weighted by atomic mass is 19.4. The summed E-state index contributed by atoms with van der Waals surface area (Å²) in [4.78, 5) is 14.9. The Morgan fingerprint density at radius 2 is 1.79 bits per heavy atom. The number of alkyl halides is 3. The lowest BCUT2D eigenvalue weighted by Gasteiger charge is -2.32. The Balaban J connectivity index is 1.87. The molecule has 0 aromatic heterocycles. The second-order valence-electron chi connectivity index (χ2n) is 9.72. The molecule has 1 saturated heterocycles. The highest BCUT2D eigenvalue weighted by Gasteiger charge is 2.33. The minimum Gasteiger partial charge on any atom is -0.393 e. The van der Waals surface area contributed by atoms with Crippen LogP contribution in [0.15, 0.2) is 59.4 Å². The molecule has 6 nitrogen and oxygen atoms in total. The molecule has 0 saturated carbocycles. The molecule has 38 heavy (non-hydrogen) atoms. The first-order chi connectivity index (χ1) is 17.9. The average molecular weight is 531 g/mol. The summed E-state index contributed by atoms with van der Waals surface area (Å²) in [5.74, 6) is 0.141. The summed E-state index contributed by atoms with van der Waals surface area (Å²) in [5, 5.41) is 19.0. The zero-order valence-corrected chi connectivity index (χ0v) is 22.6. The van der Waals surface area contributed by atoms with Gasteiger partial charge in [-0.2, -0.15) is 13.2 Å². The van der Waals surface area contributed by atoms with Crippen LogP contribution in [0.3, 0.4) is 0 Å². The fourth-order valence-electron chi connectivity index (χ4n) is 4.18. The third kappa shape index (κ3) is 7.54. The van der Waals surface area contributed by atoms with Crippen molar-refractivity contribution in [1.29, 1.82) is 0 Å². The van der Waals surface area contributed by atoms with Gasteiger partial charge in [-0.25, -0.2) is 0 Å². The molecule has 1 fully saturated rings. The lowest BCUT2D eigenvalue weighted by molar-refractivity contribution is -0.137. The van der Waals surface area contributed by atoms with Crippen LogP contribution in [0.2, 0.25) is 0 Å². The highest BCUT2D eigenvalue weighted by Crippen LogP contribution is 2.34. The van der Waals surface area contributed by atoms with Gasteiger partial charge in [0.1, 0.15) is 5.82 Å². The van der Waals surface area contributed by atoms with E-state index in [4.69, 9.17) is 0 Å². The molecule has 0 spiro atoms. The normalized spacial score (nSPS) is 15.7. The number of halogens is 3. The van der Waals surface area contributed by atoms with E-state index in [2.05, 4.69) is 29.8 Å². The molecular weight excluding hydrogens is 493 g/mol. The van der Waals surface area contributed by atoms with Gasteiger partial charge in [0.25, 0.3) is 5.91 Å². The topological polar surface area (TPSA) is 76.6 Å². The maximum absolute atomic E-state index is 13.7. The van der Waals surface area contributed by atoms with Gasteiger partial charge in [-0.15, -0.1) is 0 Å². The number of nitrogens with one attached hydrogen (secondary N) is 3. The Hall–Kier alpha value is -3.46. The number of hydrogen-bond donors (Lipinski definition) is 4. The maximum atomic E-state index is 13.7. The molecule has 2 aromatic rings. The Bertz CT molecular complexity index is 1210. The number of benzene rings is 2. The molecule has 0 atom stereocenters. The first-order valence-electron chi connectivity index (χ1n) is 12.8. The van der Waals surface area contributed by atoms with Crippen molar-refractivity contribution in [2.45, 2.75) is 59.2 Å². The van der Waals surface area contributed by atoms with Crippen molar-refractivity contribution in [3.05, 3.63) is 76.1 Å². The average Bonchev–Trinajstić information content (AvgIpc) is 2.89. The van der Waals surface area contributed by atoms with Crippen LogP contribution in [0.25, 0.3) is 0 Å². The molecule has 1 aliphatic rings. The van der Waals surface area contributed by atoms with Gasteiger partial charge in [0.15, 0.2) is 0 Å². The van der Waals surface area contributed by atoms with Crippen LogP contribution in [0.4, 0.5) is 30.2 Å². The number of nitrogens with zero attached hydrogens (tertiary/aromatic N) is 1. The first kappa shape index (κ1) is 29.1. The molecule has 1 aliphatic heterocycles. The zero-order chi connectivity index (χ0) is 28.0. The summed E-state index contributed by atoms with van der Waals surface area (Å²) in [6.45, 7) is 8.98. The molecular formula is C29H37F3N4O2. The van der Waals surface area contributed by atoms with Gasteiger partial charge in [0, 0.05) is 42.8 Å². The predicted molar refractivity (Wildman–Crippen MR) is 147 cm³/mol. The second-order valence-corrected chi connectivity index (χ2v) is 9.72. The van der Waals surface area contributed by atoms with E-state index in [0.29, 0.717) is 37.3 Å². The van der Waals surface area contributed by atoms with Crippen LogP contribution in [0.5, 0.6) is 0 Å². The predicted octanol–water partition coefficient (Wildman–Crippen LogP) is 6.45. The molecule has 9 heteroatoms. The fourth-order valence-corrected chi connectivity index (χ4v) is 4.18. The Kier molecular flexibility index (Phi) is 9.49. The summed E-state index contributed by atoms with van der Waals surface area (Å²) in [6, 6.07) is 8.71. The quantitative estimate of drug-likeness (QED) is 0.295. The van der Waals surface area contributed by atoms with Gasteiger partial charge in [-0.1, -0.05) is 18.6 Å². The minimum atomic E-state index is -4.60. The van der Waals surface area contributed by atoms with Crippen LogP contribution in [-0.4, -0.2) is 37.3 Å². The number of allylic oxidation sites excluding steroid dienone is 3. The number of aryl methyl sites for hydroxylation is 1. The second kappa shape index (κ2) is 12.4. The molecule has 4 N–H and O–H groups in total. The molecule has 0 radical (unpaired) electrons. The fraction of sp³-hybridized carbons (Fsp3) is 0.414. The molecule has 1 amide bonds. The van der Waals surface area contributed by atoms with Crippen molar-refractivity contribution in [1.82, 2.24) is 5.32 Å². The summed E-state index contributed by atoms with van der Waals surface area (Å²) < 4.78 is 41.0. The standard InChI is InChI=1S/C29H37F3N4O2/c1-6-18(2)20(4)13-27(33-5)35-26-17-23(8-7-19(26)3)34-28(38)21-14-22(29(30,31)32)16-24(15-21)36-11-9-25(37)10-12-36/h7-8,13-17,25,33,35,37H,6,9-12H2,1-5H3,(H,34,38)/b20-18+,27-13+. The van der Waals surface area contributed by atoms with Crippen molar-refractivity contribution >= 4 is 23.0 Å². The van der Waals surface area contributed by atoms with E-state index < -0.39 is 23.8 Å². The minimum absolute atomic E-state index is 0.0809.